The van der Waals surface area contributed by atoms with Crippen molar-refractivity contribution >= 4 is 34.1 Å². The number of H-pyrrole nitrogens is 2. The number of rotatable bonds is 4. The largest absolute Gasteiger partial charge is 0.327 e. The summed E-state index contributed by atoms with van der Waals surface area (Å²) >= 11 is 1.63. The van der Waals surface area contributed by atoms with Gasteiger partial charge in [0.15, 0.2) is 11.2 Å². The van der Waals surface area contributed by atoms with Crippen LogP contribution in [0.4, 0.5) is 5.69 Å². The molecule has 8 nitrogen and oxygen atoms in total. The summed E-state index contributed by atoms with van der Waals surface area (Å²) in [5.41, 5.74) is 1.92. The van der Waals surface area contributed by atoms with Crippen molar-refractivity contribution in [1.29, 1.82) is 0 Å². The van der Waals surface area contributed by atoms with Crippen LogP contribution in [0.25, 0.3) is 22.3 Å². The lowest BCUT2D eigenvalue weighted by Gasteiger charge is -2.07. The molecule has 0 aliphatic carbocycles. The molecule has 3 aromatic heterocycles. The first-order valence-corrected chi connectivity index (χ1v) is 8.64. The molecule has 0 aliphatic heterocycles. The number of nitrogens with one attached hydrogen (secondary N) is 3. The molecule has 3 N–H and O–H groups in total. The Balaban J connectivity index is 1.51. The first kappa shape index (κ1) is 16.0. The van der Waals surface area contributed by atoms with Crippen molar-refractivity contribution in [2.75, 3.05) is 5.32 Å². The molecule has 4 rings (SSSR count). The Morgan fingerprint density at radius 3 is 2.65 bits per heavy atom. The van der Waals surface area contributed by atoms with E-state index in [0.29, 0.717) is 5.69 Å². The lowest BCUT2D eigenvalue weighted by molar-refractivity contribution is -0.116. The highest BCUT2D eigenvalue weighted by Crippen LogP contribution is 2.23. The number of carbonyl (C=O) groups excluding carboxylic acids is 1. The van der Waals surface area contributed by atoms with Crippen molar-refractivity contribution in [3.8, 4) is 11.1 Å². The highest BCUT2D eigenvalue weighted by Gasteiger charge is 2.12. The van der Waals surface area contributed by atoms with Crippen molar-refractivity contribution in [2.45, 2.75) is 6.54 Å². The molecule has 0 unspecified atom stereocenters. The van der Waals surface area contributed by atoms with Gasteiger partial charge in [-0.3, -0.25) is 19.6 Å². The predicted molar refractivity (Wildman–Crippen MR) is 99.4 cm³/mol. The summed E-state index contributed by atoms with van der Waals surface area (Å²) < 4.78 is 1.39. The van der Waals surface area contributed by atoms with Crippen molar-refractivity contribution in [1.82, 2.24) is 19.5 Å². The van der Waals surface area contributed by atoms with Gasteiger partial charge in [-0.1, -0.05) is 12.1 Å². The zero-order valence-corrected chi connectivity index (χ0v) is 14.2. The number of aromatic nitrogens is 4. The minimum atomic E-state index is -0.636. The standard InChI is InChI=1S/C17H13N5O3S/c23-13(7-22-9-18-15-14(22)16(24)21-17(25)20-15)19-12-3-1-10(2-4-12)11-5-6-26-8-11/h1-6,8-9H,7H2,(H,19,23)(H2,20,21,24,25). The molecule has 0 fully saturated rings. The minimum absolute atomic E-state index is 0.0993. The Labute approximate surface area is 150 Å². The van der Waals surface area contributed by atoms with Crippen molar-refractivity contribution in [3.05, 3.63) is 68.3 Å². The van der Waals surface area contributed by atoms with Crippen molar-refractivity contribution in [3.63, 3.8) is 0 Å². The molecule has 0 bridgehead atoms. The van der Waals surface area contributed by atoms with E-state index in [4.69, 9.17) is 0 Å². The molecule has 4 aromatic rings. The molecule has 1 aromatic carbocycles. The summed E-state index contributed by atoms with van der Waals surface area (Å²) in [4.78, 5) is 43.9. The van der Waals surface area contributed by atoms with E-state index < -0.39 is 11.2 Å². The first-order valence-electron chi connectivity index (χ1n) is 7.70. The number of carbonyl (C=O) groups is 1. The average molecular weight is 367 g/mol. The number of fused-ring (bicyclic) bond motifs is 1. The monoisotopic (exact) mass is 367 g/mol. The average Bonchev–Trinajstić information content (AvgIpc) is 3.26. The van der Waals surface area contributed by atoms with E-state index in [1.165, 1.54) is 10.9 Å². The second-order valence-corrected chi connectivity index (χ2v) is 6.40. The van der Waals surface area contributed by atoms with Gasteiger partial charge in [0.25, 0.3) is 5.56 Å². The zero-order valence-electron chi connectivity index (χ0n) is 13.4. The quantitative estimate of drug-likeness (QED) is 0.510. The van der Waals surface area contributed by atoms with E-state index in [-0.39, 0.29) is 23.6 Å². The lowest BCUT2D eigenvalue weighted by atomic mass is 10.1. The first-order chi connectivity index (χ1) is 12.6. The van der Waals surface area contributed by atoms with Crippen LogP contribution in [0.15, 0.2) is 57.0 Å². The fourth-order valence-electron chi connectivity index (χ4n) is 2.66. The number of hydrogen-bond acceptors (Lipinski definition) is 5. The Kier molecular flexibility index (Phi) is 3.98. The third-order valence-corrected chi connectivity index (χ3v) is 4.53. The van der Waals surface area contributed by atoms with Crippen LogP contribution in [0.3, 0.4) is 0 Å². The van der Waals surface area contributed by atoms with E-state index in [0.717, 1.165) is 11.1 Å². The van der Waals surface area contributed by atoms with Crippen LogP contribution in [0.1, 0.15) is 0 Å². The molecule has 0 atom stereocenters. The van der Waals surface area contributed by atoms with Gasteiger partial charge in [-0.15, -0.1) is 0 Å². The summed E-state index contributed by atoms with van der Waals surface area (Å²) in [6.45, 7) is -0.0993. The summed E-state index contributed by atoms with van der Waals surface area (Å²) in [6, 6.07) is 9.53. The third kappa shape index (κ3) is 3.07. The third-order valence-electron chi connectivity index (χ3n) is 3.85. The summed E-state index contributed by atoms with van der Waals surface area (Å²) in [7, 11) is 0. The van der Waals surface area contributed by atoms with E-state index in [2.05, 4.69) is 25.6 Å². The second kappa shape index (κ2) is 6.45. The Morgan fingerprint density at radius 1 is 1.12 bits per heavy atom. The molecule has 0 saturated heterocycles. The minimum Gasteiger partial charge on any atom is -0.325 e. The number of amides is 1. The van der Waals surface area contributed by atoms with Gasteiger partial charge in [0, 0.05) is 5.69 Å². The number of benzene rings is 1. The molecule has 0 spiro atoms. The Morgan fingerprint density at radius 2 is 1.92 bits per heavy atom. The van der Waals surface area contributed by atoms with Gasteiger partial charge in [-0.25, -0.2) is 9.78 Å². The van der Waals surface area contributed by atoms with Crippen LogP contribution in [0, 0.1) is 0 Å². The van der Waals surface area contributed by atoms with Gasteiger partial charge in [0.1, 0.15) is 6.54 Å². The maximum atomic E-state index is 12.3. The SMILES string of the molecule is O=C(Cn1cnc2[nH]c(=O)[nH]c(=O)c21)Nc1ccc(-c2ccsc2)cc1. The van der Waals surface area contributed by atoms with Crippen LogP contribution < -0.4 is 16.6 Å². The van der Waals surface area contributed by atoms with E-state index in [1.54, 1.807) is 11.3 Å². The highest BCUT2D eigenvalue weighted by atomic mass is 32.1. The summed E-state index contributed by atoms with van der Waals surface area (Å²) in [6.07, 6.45) is 1.34. The maximum Gasteiger partial charge on any atom is 0.327 e. The molecule has 3 heterocycles. The van der Waals surface area contributed by atoms with Gasteiger partial charge < -0.3 is 9.88 Å². The second-order valence-electron chi connectivity index (χ2n) is 5.62. The van der Waals surface area contributed by atoms with Crippen LogP contribution in [-0.4, -0.2) is 25.4 Å². The van der Waals surface area contributed by atoms with Crippen molar-refractivity contribution < 1.29 is 4.79 Å². The number of hydrogen-bond donors (Lipinski definition) is 3. The van der Waals surface area contributed by atoms with Gasteiger partial charge in [0.05, 0.1) is 6.33 Å². The summed E-state index contributed by atoms with van der Waals surface area (Å²) in [5.74, 6) is -0.307. The molecular formula is C17H13N5O3S. The zero-order chi connectivity index (χ0) is 18.1. The van der Waals surface area contributed by atoms with Gasteiger partial charge >= 0.3 is 5.69 Å². The van der Waals surface area contributed by atoms with E-state index in [1.807, 2.05) is 35.7 Å². The van der Waals surface area contributed by atoms with Gasteiger partial charge in [-0.05, 0) is 40.1 Å². The molecule has 1 amide bonds. The molecule has 0 saturated carbocycles. The number of anilines is 1. The Bertz CT molecular complexity index is 1190. The van der Waals surface area contributed by atoms with E-state index >= 15 is 0 Å². The number of aromatic amines is 2. The number of nitrogens with zero attached hydrogens (tertiary/aromatic N) is 2. The fraction of sp³-hybridized carbons (Fsp3) is 0.0588. The lowest BCUT2D eigenvalue weighted by Crippen LogP contribution is -2.25. The maximum absolute atomic E-state index is 12.3. The highest BCUT2D eigenvalue weighted by molar-refractivity contribution is 7.08. The molecular weight excluding hydrogens is 354 g/mol. The molecule has 9 heteroatoms. The molecule has 26 heavy (non-hydrogen) atoms. The smallest absolute Gasteiger partial charge is 0.325 e. The fourth-order valence-corrected chi connectivity index (χ4v) is 3.33. The topological polar surface area (TPSA) is 113 Å². The number of thiophene rings is 1. The van der Waals surface area contributed by atoms with Crippen LogP contribution in [0.2, 0.25) is 0 Å². The normalized spacial score (nSPS) is 10.9. The van der Waals surface area contributed by atoms with Crippen LogP contribution in [-0.2, 0) is 11.3 Å². The summed E-state index contributed by atoms with van der Waals surface area (Å²) in [5, 5.41) is 6.84. The predicted octanol–water partition coefficient (Wildman–Crippen LogP) is 1.78. The molecule has 0 radical (unpaired) electrons. The number of imidazole rings is 1. The Hall–Kier alpha value is -3.46. The van der Waals surface area contributed by atoms with Gasteiger partial charge in [0.2, 0.25) is 5.91 Å². The molecule has 0 aliphatic rings. The van der Waals surface area contributed by atoms with E-state index in [9.17, 15) is 14.4 Å². The van der Waals surface area contributed by atoms with Crippen LogP contribution in [0.5, 0.6) is 0 Å². The molecule has 130 valence electrons. The van der Waals surface area contributed by atoms with Crippen molar-refractivity contribution in [2.24, 2.45) is 0 Å². The van der Waals surface area contributed by atoms with Crippen LogP contribution >= 0.6 is 11.3 Å². The van der Waals surface area contributed by atoms with Gasteiger partial charge in [-0.2, -0.15) is 11.3 Å².